The second kappa shape index (κ2) is 12.5. The average molecular weight is 184 g/mol. The molecule has 0 unspecified atom stereocenters. The maximum atomic E-state index is 8.74. The molecule has 0 rings (SSSR count). The zero-order chi connectivity index (χ0) is 7.21. The maximum absolute atomic E-state index is 8.74. The monoisotopic (exact) mass is 184 g/mol. The van der Waals surface area contributed by atoms with E-state index in [0.29, 0.717) is 0 Å². The molecule has 0 aliphatic rings. The fourth-order valence-corrected chi connectivity index (χ4v) is 0. The molecule has 0 atom stereocenters. The van der Waals surface area contributed by atoms with Crippen molar-refractivity contribution in [3.8, 4) is 0 Å². The van der Waals surface area contributed by atoms with Crippen LogP contribution in [0.15, 0.2) is 0 Å². The summed E-state index contributed by atoms with van der Waals surface area (Å²) in [6.45, 7) is 4.25. The van der Waals surface area contributed by atoms with E-state index in [1.165, 1.54) is 6.42 Å². The molecule has 7 heteroatoms. The Morgan fingerprint density at radius 1 is 1.20 bits per heavy atom. The van der Waals surface area contributed by atoms with Crippen LogP contribution < -0.4 is 0 Å². The van der Waals surface area contributed by atoms with Gasteiger partial charge in [0.2, 0.25) is 0 Å². The Bertz CT molecular complexity index is 111. The molecule has 5 nitrogen and oxygen atoms in total. The Kier molecular flexibility index (Phi) is 28.0. The van der Waals surface area contributed by atoms with Gasteiger partial charge in [0, 0.05) is 0 Å². The fourth-order valence-electron chi connectivity index (χ4n) is 0. The van der Waals surface area contributed by atoms with Crippen molar-refractivity contribution in [1.29, 1.82) is 0 Å². The molecular weight excluding hydrogens is 171 g/mol. The summed E-state index contributed by atoms with van der Waals surface area (Å²) in [6, 6.07) is 0. The molecule has 0 aromatic rings. The number of hydrogen-bond donors (Lipinski definition) is 2. The van der Waals surface area contributed by atoms with Crippen LogP contribution in [0.2, 0.25) is 0 Å². The van der Waals surface area contributed by atoms with Gasteiger partial charge in [-0.2, -0.15) is 8.42 Å². The summed E-state index contributed by atoms with van der Waals surface area (Å²) >= 11 is 0. The molecular formula is C3H13NaO5S. The van der Waals surface area contributed by atoms with Crippen LogP contribution in [0, 0.1) is 0 Å². The van der Waals surface area contributed by atoms with E-state index in [-0.39, 0.29) is 35.0 Å². The van der Waals surface area contributed by atoms with E-state index in [4.69, 9.17) is 17.5 Å². The van der Waals surface area contributed by atoms with Gasteiger partial charge in [0.1, 0.15) is 0 Å². The van der Waals surface area contributed by atoms with Crippen molar-refractivity contribution in [3.63, 3.8) is 0 Å². The van der Waals surface area contributed by atoms with Gasteiger partial charge in [-0.05, 0) is 0 Å². The quantitative estimate of drug-likeness (QED) is 0.383. The molecule has 0 heterocycles. The van der Waals surface area contributed by atoms with E-state index in [0.717, 1.165) is 0 Å². The second-order valence-corrected chi connectivity index (χ2v) is 2.05. The Morgan fingerprint density at radius 3 is 1.20 bits per heavy atom. The molecule has 0 aromatic heterocycles. The van der Waals surface area contributed by atoms with E-state index < -0.39 is 10.4 Å². The topological polar surface area (TPSA) is 106 Å². The summed E-state index contributed by atoms with van der Waals surface area (Å²) in [5.74, 6) is 0. The van der Waals surface area contributed by atoms with Gasteiger partial charge in [0.25, 0.3) is 0 Å². The van der Waals surface area contributed by atoms with Crippen molar-refractivity contribution in [3.05, 3.63) is 0 Å². The van der Waals surface area contributed by atoms with Crippen LogP contribution in [-0.2, 0) is 10.4 Å². The van der Waals surface area contributed by atoms with Crippen LogP contribution in [0.4, 0.5) is 0 Å². The number of hydrogen-bond acceptors (Lipinski definition) is 2. The van der Waals surface area contributed by atoms with E-state index in [1.807, 2.05) is 0 Å². The first-order valence-corrected chi connectivity index (χ1v) is 3.51. The minimum atomic E-state index is -4.67. The SMILES string of the molecule is CCC.O.O=S(=O)(O)O.[NaH]. The normalized spacial score (nSPS) is 7.60. The molecule has 62 valence electrons. The average Bonchev–Trinajstić information content (AvgIpc) is 1.27. The van der Waals surface area contributed by atoms with Gasteiger partial charge < -0.3 is 5.48 Å². The van der Waals surface area contributed by atoms with Crippen LogP contribution in [-0.4, -0.2) is 52.6 Å². The fraction of sp³-hybridized carbons (Fsp3) is 1.00. The van der Waals surface area contributed by atoms with Crippen LogP contribution in [0.1, 0.15) is 20.3 Å². The van der Waals surface area contributed by atoms with Crippen LogP contribution in [0.3, 0.4) is 0 Å². The standard InChI is InChI=1S/C3H8.Na.H2O4S.H2O.H/c1-3-2;;1-5(2,3)4;;/h3H2,1-2H3;;(H2,1,2,3,4);1H2;. The Hall–Kier alpha value is 0.830. The molecule has 0 aliphatic heterocycles. The van der Waals surface area contributed by atoms with Crippen molar-refractivity contribution in [2.45, 2.75) is 20.3 Å². The molecule has 10 heavy (non-hydrogen) atoms. The molecule has 0 saturated heterocycles. The first kappa shape index (κ1) is 22.4. The van der Waals surface area contributed by atoms with Crippen molar-refractivity contribution in [2.75, 3.05) is 0 Å². The second-order valence-electron chi connectivity index (χ2n) is 1.15. The summed E-state index contributed by atoms with van der Waals surface area (Å²) in [5, 5.41) is 0. The summed E-state index contributed by atoms with van der Waals surface area (Å²) in [7, 11) is -4.67. The van der Waals surface area contributed by atoms with Gasteiger partial charge in [0.15, 0.2) is 0 Å². The van der Waals surface area contributed by atoms with Crippen molar-refractivity contribution >= 4 is 40.0 Å². The van der Waals surface area contributed by atoms with Gasteiger partial charge in [0.05, 0.1) is 0 Å². The zero-order valence-corrected chi connectivity index (χ0v) is 6.14. The van der Waals surface area contributed by atoms with Gasteiger partial charge in [-0.1, -0.05) is 20.3 Å². The molecule has 4 N–H and O–H groups in total. The molecule has 0 radical (unpaired) electrons. The van der Waals surface area contributed by atoms with Gasteiger partial charge >= 0.3 is 40.0 Å². The van der Waals surface area contributed by atoms with E-state index >= 15 is 0 Å². The molecule has 0 bridgehead atoms. The van der Waals surface area contributed by atoms with Crippen molar-refractivity contribution in [1.82, 2.24) is 0 Å². The van der Waals surface area contributed by atoms with Crippen LogP contribution >= 0.6 is 0 Å². The molecule has 0 amide bonds. The zero-order valence-electron chi connectivity index (χ0n) is 5.33. The summed E-state index contributed by atoms with van der Waals surface area (Å²) in [6.07, 6.45) is 1.25. The van der Waals surface area contributed by atoms with E-state index in [2.05, 4.69) is 13.8 Å². The molecule has 0 fully saturated rings. The van der Waals surface area contributed by atoms with E-state index in [9.17, 15) is 0 Å². The molecule has 0 spiro atoms. The number of rotatable bonds is 0. The third-order valence-electron chi connectivity index (χ3n) is 0. The third-order valence-corrected chi connectivity index (χ3v) is 0. The summed E-state index contributed by atoms with van der Waals surface area (Å²) in [5.41, 5.74) is 0. The molecule has 0 aliphatic carbocycles. The molecule has 0 saturated carbocycles. The van der Waals surface area contributed by atoms with Gasteiger partial charge in [-0.25, -0.2) is 0 Å². The summed E-state index contributed by atoms with van der Waals surface area (Å²) < 4.78 is 31.6. The predicted octanol–water partition coefficient (Wildman–Crippen LogP) is -0.710. The minimum absolute atomic E-state index is 0. The Balaban J connectivity index is -0.0000000326. The van der Waals surface area contributed by atoms with Crippen molar-refractivity contribution < 1.29 is 23.0 Å². The third kappa shape index (κ3) is 786. The first-order valence-electron chi connectivity index (χ1n) is 2.11. The Labute approximate surface area is 83.0 Å². The van der Waals surface area contributed by atoms with Crippen LogP contribution in [0.25, 0.3) is 0 Å². The van der Waals surface area contributed by atoms with Gasteiger partial charge in [-0.3, -0.25) is 9.11 Å². The Morgan fingerprint density at radius 2 is 1.20 bits per heavy atom. The van der Waals surface area contributed by atoms with Crippen molar-refractivity contribution in [2.24, 2.45) is 0 Å². The van der Waals surface area contributed by atoms with Gasteiger partial charge in [-0.15, -0.1) is 0 Å². The summed E-state index contributed by atoms with van der Waals surface area (Å²) in [4.78, 5) is 0. The predicted molar refractivity (Wildman–Crippen MR) is 40.9 cm³/mol. The first-order chi connectivity index (χ1) is 3.41. The van der Waals surface area contributed by atoms with E-state index in [1.54, 1.807) is 0 Å². The van der Waals surface area contributed by atoms with Crippen LogP contribution in [0.5, 0.6) is 0 Å². The molecule has 0 aromatic carbocycles.